The summed E-state index contributed by atoms with van der Waals surface area (Å²) in [5, 5.41) is 0. The Kier molecular flexibility index (Phi) is 6.53. The van der Waals surface area contributed by atoms with E-state index in [0.29, 0.717) is 18.4 Å². The lowest BCUT2D eigenvalue weighted by atomic mass is 9.78. The number of fused-ring (bicyclic) bond motifs is 3. The van der Waals surface area contributed by atoms with E-state index in [-0.39, 0.29) is 6.03 Å². The molecule has 2 amide bonds. The summed E-state index contributed by atoms with van der Waals surface area (Å²) in [5.74, 6) is 3.05. The third-order valence-corrected chi connectivity index (χ3v) is 9.05. The highest BCUT2D eigenvalue weighted by Gasteiger charge is 2.35. The van der Waals surface area contributed by atoms with E-state index < -0.39 is 0 Å². The summed E-state index contributed by atoms with van der Waals surface area (Å²) < 4.78 is 0. The summed E-state index contributed by atoms with van der Waals surface area (Å²) in [4.78, 5) is 24.5. The van der Waals surface area contributed by atoms with E-state index in [1.54, 1.807) is 0 Å². The van der Waals surface area contributed by atoms with Crippen molar-refractivity contribution >= 4 is 6.03 Å². The Balaban J connectivity index is 0.987. The zero-order chi connectivity index (χ0) is 23.8. The molecule has 2 aromatic rings. The summed E-state index contributed by atoms with van der Waals surface area (Å²) in [6, 6.07) is 13.4. The number of carbonyl (C=O) groups is 1. The van der Waals surface area contributed by atoms with Crippen molar-refractivity contribution in [2.24, 2.45) is 17.8 Å². The average molecular weight is 473 g/mol. The van der Waals surface area contributed by atoms with Crippen LogP contribution in [0.2, 0.25) is 0 Å². The standard InChI is InChI=1S/C30H40N4O/c1-22(18-32-11-10-25-4-2-3-5-27(25)20-32)19-33-12-13-34(30(33)35)21-29-9-8-26(17-31-29)28-15-23-6-7-24(14-23)16-28/h2-5,8-9,17,22-24,28H,6-7,10-16,18-21H2,1H3/t22-,23?,24?,28?/m1/s1. The Morgan fingerprint density at radius 2 is 1.69 bits per heavy atom. The SMILES string of the molecule is C[C@H](CN1CCc2ccccc2C1)CN1CCN(Cc2ccc(C3CC4CCC(C4)C3)cn2)C1=O. The number of benzene rings is 1. The summed E-state index contributed by atoms with van der Waals surface area (Å²) in [5.41, 5.74) is 5.38. The Morgan fingerprint density at radius 1 is 0.914 bits per heavy atom. The van der Waals surface area contributed by atoms with E-state index in [0.717, 1.165) is 63.2 Å². The topological polar surface area (TPSA) is 39.7 Å². The highest BCUT2D eigenvalue weighted by Crippen LogP contribution is 2.48. The van der Waals surface area contributed by atoms with Crippen LogP contribution in [0.1, 0.15) is 67.3 Å². The van der Waals surface area contributed by atoms with Crippen molar-refractivity contribution in [2.75, 3.05) is 32.7 Å². The molecular weight excluding hydrogens is 432 g/mol. The van der Waals surface area contributed by atoms with Gasteiger partial charge in [0.25, 0.3) is 0 Å². The fourth-order valence-electron chi connectivity index (χ4n) is 7.28. The van der Waals surface area contributed by atoms with Gasteiger partial charge in [-0.25, -0.2) is 4.79 Å². The van der Waals surface area contributed by atoms with E-state index in [1.165, 1.54) is 48.8 Å². The summed E-state index contributed by atoms with van der Waals surface area (Å²) in [7, 11) is 0. The van der Waals surface area contributed by atoms with Crippen molar-refractivity contribution in [2.45, 2.75) is 64.5 Å². The minimum Gasteiger partial charge on any atom is -0.323 e. The van der Waals surface area contributed by atoms with Gasteiger partial charge in [0.15, 0.2) is 0 Å². The van der Waals surface area contributed by atoms with Crippen LogP contribution in [-0.2, 0) is 19.5 Å². The average Bonchev–Trinajstić information content (AvgIpc) is 3.39. The number of nitrogens with zero attached hydrogens (tertiary/aromatic N) is 4. The lowest BCUT2D eigenvalue weighted by Gasteiger charge is -2.32. The van der Waals surface area contributed by atoms with Crippen LogP contribution in [0.15, 0.2) is 42.6 Å². The van der Waals surface area contributed by atoms with Gasteiger partial charge in [0, 0.05) is 45.5 Å². The molecule has 1 aromatic carbocycles. The molecular formula is C30H40N4O. The lowest BCUT2D eigenvalue weighted by molar-refractivity contribution is 0.170. The summed E-state index contributed by atoms with van der Waals surface area (Å²) in [6.45, 7) is 8.58. The maximum atomic E-state index is 13.1. The van der Waals surface area contributed by atoms with Gasteiger partial charge in [-0.1, -0.05) is 50.1 Å². The minimum atomic E-state index is 0.176. The number of pyridine rings is 1. The second-order valence-corrected chi connectivity index (χ2v) is 11.8. The zero-order valence-corrected chi connectivity index (χ0v) is 21.2. The molecule has 2 unspecified atom stereocenters. The maximum absolute atomic E-state index is 13.1. The highest BCUT2D eigenvalue weighted by molar-refractivity contribution is 5.76. The third-order valence-electron chi connectivity index (χ3n) is 9.05. The van der Waals surface area contributed by atoms with Gasteiger partial charge in [0.1, 0.15) is 0 Å². The van der Waals surface area contributed by atoms with Crippen molar-refractivity contribution in [3.63, 3.8) is 0 Å². The second-order valence-electron chi connectivity index (χ2n) is 11.8. The monoisotopic (exact) mass is 472 g/mol. The largest absolute Gasteiger partial charge is 0.323 e. The molecule has 5 nitrogen and oxygen atoms in total. The van der Waals surface area contributed by atoms with Crippen LogP contribution in [0.5, 0.6) is 0 Å². The van der Waals surface area contributed by atoms with Crippen LogP contribution in [-0.4, -0.2) is 58.4 Å². The molecule has 5 heteroatoms. The number of amides is 2. The molecule has 35 heavy (non-hydrogen) atoms. The van der Waals surface area contributed by atoms with Crippen LogP contribution in [0.4, 0.5) is 4.79 Å². The normalized spacial score (nSPS) is 27.3. The van der Waals surface area contributed by atoms with Gasteiger partial charge in [0.05, 0.1) is 12.2 Å². The second kappa shape index (κ2) is 9.93. The van der Waals surface area contributed by atoms with E-state index in [9.17, 15) is 4.79 Å². The summed E-state index contributed by atoms with van der Waals surface area (Å²) in [6.07, 6.45) is 10.3. The summed E-state index contributed by atoms with van der Waals surface area (Å²) >= 11 is 0. The molecule has 1 aromatic heterocycles. The quantitative estimate of drug-likeness (QED) is 0.548. The molecule has 3 fully saturated rings. The Labute approximate surface area is 210 Å². The van der Waals surface area contributed by atoms with Crippen molar-refractivity contribution < 1.29 is 4.79 Å². The van der Waals surface area contributed by atoms with Gasteiger partial charge >= 0.3 is 6.03 Å². The van der Waals surface area contributed by atoms with Crippen molar-refractivity contribution in [3.8, 4) is 0 Å². The van der Waals surface area contributed by atoms with E-state index >= 15 is 0 Å². The van der Waals surface area contributed by atoms with Crippen molar-refractivity contribution in [1.82, 2.24) is 19.7 Å². The van der Waals surface area contributed by atoms with Gasteiger partial charge in [-0.3, -0.25) is 9.88 Å². The number of hydrogen-bond acceptors (Lipinski definition) is 3. The smallest absolute Gasteiger partial charge is 0.320 e. The number of rotatable bonds is 7. The first-order chi connectivity index (χ1) is 17.1. The molecule has 0 spiro atoms. The van der Waals surface area contributed by atoms with Crippen LogP contribution in [0, 0.1) is 17.8 Å². The first-order valence-electron chi connectivity index (χ1n) is 13.9. The maximum Gasteiger partial charge on any atom is 0.320 e. The van der Waals surface area contributed by atoms with Crippen LogP contribution in [0.3, 0.4) is 0 Å². The van der Waals surface area contributed by atoms with Gasteiger partial charge in [-0.15, -0.1) is 0 Å². The third kappa shape index (κ3) is 5.11. The van der Waals surface area contributed by atoms with Crippen LogP contribution >= 0.6 is 0 Å². The molecule has 2 aliphatic carbocycles. The predicted molar refractivity (Wildman–Crippen MR) is 139 cm³/mol. The number of urea groups is 1. The van der Waals surface area contributed by atoms with E-state index in [1.807, 2.05) is 4.90 Å². The molecule has 0 radical (unpaired) electrons. The number of aromatic nitrogens is 1. The predicted octanol–water partition coefficient (Wildman–Crippen LogP) is 5.31. The van der Waals surface area contributed by atoms with E-state index in [2.05, 4.69) is 59.3 Å². The van der Waals surface area contributed by atoms with Crippen molar-refractivity contribution in [1.29, 1.82) is 0 Å². The molecule has 2 saturated carbocycles. The van der Waals surface area contributed by atoms with Crippen LogP contribution < -0.4 is 0 Å². The Morgan fingerprint density at radius 3 is 2.46 bits per heavy atom. The molecule has 0 N–H and O–H groups in total. The number of hydrogen-bond donors (Lipinski definition) is 0. The molecule has 2 aliphatic heterocycles. The van der Waals surface area contributed by atoms with Crippen LogP contribution in [0.25, 0.3) is 0 Å². The molecule has 3 heterocycles. The Bertz CT molecular complexity index is 1020. The van der Waals surface area contributed by atoms with E-state index in [4.69, 9.17) is 4.98 Å². The van der Waals surface area contributed by atoms with Crippen molar-refractivity contribution in [3.05, 3.63) is 65.0 Å². The fourth-order valence-corrected chi connectivity index (χ4v) is 7.28. The first kappa shape index (κ1) is 23.0. The molecule has 186 valence electrons. The molecule has 3 atom stereocenters. The minimum absolute atomic E-state index is 0.176. The molecule has 4 aliphatic rings. The van der Waals surface area contributed by atoms with Gasteiger partial charge in [0.2, 0.25) is 0 Å². The fraction of sp³-hybridized carbons (Fsp3) is 0.600. The molecule has 1 saturated heterocycles. The number of carbonyl (C=O) groups excluding carboxylic acids is 1. The van der Waals surface area contributed by atoms with Gasteiger partial charge in [-0.2, -0.15) is 0 Å². The van der Waals surface area contributed by atoms with Gasteiger partial charge < -0.3 is 9.80 Å². The zero-order valence-electron chi connectivity index (χ0n) is 21.2. The highest BCUT2D eigenvalue weighted by atomic mass is 16.2. The van der Waals surface area contributed by atoms with Gasteiger partial charge in [-0.05, 0) is 72.1 Å². The Hall–Kier alpha value is -2.40. The molecule has 2 bridgehead atoms. The first-order valence-corrected chi connectivity index (χ1v) is 13.9. The molecule has 6 rings (SSSR count). The lowest BCUT2D eigenvalue weighted by Crippen LogP contribution is -2.39.